The van der Waals surface area contributed by atoms with E-state index in [0.717, 1.165) is 38.5 Å². The van der Waals surface area contributed by atoms with Gasteiger partial charge in [-0.3, -0.25) is 4.79 Å². The molecule has 7 atom stereocenters. The molecular formula is C52H103NO8. The van der Waals surface area contributed by atoms with Crippen LogP contribution in [0.5, 0.6) is 0 Å². The molecule has 1 heterocycles. The fraction of sp³-hybridized carbons (Fsp3) is 0.981. The summed E-state index contributed by atoms with van der Waals surface area (Å²) in [6.07, 6.45) is 38.4. The first-order valence-electron chi connectivity index (χ1n) is 26.2. The molecule has 1 unspecified atom stereocenters. The Bertz CT molecular complexity index is 1050. The highest BCUT2D eigenvalue weighted by Crippen LogP contribution is 2.48. The number of hydrogen-bond acceptors (Lipinski definition) is 8. The van der Waals surface area contributed by atoms with Crippen LogP contribution < -0.4 is 5.32 Å². The van der Waals surface area contributed by atoms with Gasteiger partial charge < -0.3 is 40.3 Å². The van der Waals surface area contributed by atoms with E-state index in [1.54, 1.807) is 13.8 Å². The van der Waals surface area contributed by atoms with Gasteiger partial charge in [0.1, 0.15) is 23.4 Å². The molecule has 9 nitrogen and oxygen atoms in total. The van der Waals surface area contributed by atoms with Crippen LogP contribution in [-0.4, -0.2) is 85.0 Å². The summed E-state index contributed by atoms with van der Waals surface area (Å²) in [6, 6.07) is -0.978. The lowest BCUT2D eigenvalue weighted by molar-refractivity contribution is -0.428. The van der Waals surface area contributed by atoms with Crippen molar-refractivity contribution in [2.24, 2.45) is 0 Å². The van der Waals surface area contributed by atoms with E-state index in [1.165, 1.54) is 194 Å². The number of carbonyl (C=O) groups excluding carboxylic acids is 1. The van der Waals surface area contributed by atoms with Gasteiger partial charge in [-0.25, -0.2) is 0 Å². The summed E-state index contributed by atoms with van der Waals surface area (Å²) in [7, 11) is 0. The third-order valence-corrected chi connectivity index (χ3v) is 14.2. The number of ether oxygens (including phenoxy) is 2. The Morgan fingerprint density at radius 3 is 1.23 bits per heavy atom. The van der Waals surface area contributed by atoms with E-state index in [-0.39, 0.29) is 12.5 Å². The van der Waals surface area contributed by atoms with Crippen molar-refractivity contribution in [2.75, 3.05) is 6.61 Å². The van der Waals surface area contributed by atoms with Crippen LogP contribution >= 0.6 is 0 Å². The molecule has 9 heteroatoms. The van der Waals surface area contributed by atoms with Crippen LogP contribution in [-0.2, 0) is 14.3 Å². The summed E-state index contributed by atoms with van der Waals surface area (Å²) >= 11 is 0. The van der Waals surface area contributed by atoms with Crippen LogP contribution in [0.15, 0.2) is 0 Å². The molecule has 0 aliphatic carbocycles. The molecule has 0 spiro atoms. The molecular weight excluding hydrogens is 767 g/mol. The van der Waals surface area contributed by atoms with E-state index in [2.05, 4.69) is 19.2 Å². The molecule has 0 bridgehead atoms. The van der Waals surface area contributed by atoms with Gasteiger partial charge in [0.05, 0.1) is 24.4 Å². The highest BCUT2D eigenvalue weighted by molar-refractivity contribution is 5.76. The predicted octanol–water partition coefficient (Wildman–Crippen LogP) is 12.3. The van der Waals surface area contributed by atoms with Crippen molar-refractivity contribution < 1.29 is 39.8 Å². The molecule has 364 valence electrons. The quantitative estimate of drug-likeness (QED) is 0.0333. The second-order valence-electron chi connectivity index (χ2n) is 20.3. The monoisotopic (exact) mass is 870 g/mol. The van der Waals surface area contributed by atoms with Gasteiger partial charge in [-0.05, 0) is 47.5 Å². The van der Waals surface area contributed by atoms with Crippen molar-refractivity contribution in [3.8, 4) is 0 Å². The molecule has 0 saturated carbocycles. The van der Waals surface area contributed by atoms with Crippen molar-refractivity contribution in [3.05, 3.63) is 0 Å². The molecule has 6 N–H and O–H groups in total. The van der Waals surface area contributed by atoms with Crippen LogP contribution in [0.4, 0.5) is 0 Å². The van der Waals surface area contributed by atoms with Gasteiger partial charge in [0.2, 0.25) is 5.91 Å². The Morgan fingerprint density at radius 1 is 0.541 bits per heavy atom. The molecule has 0 radical (unpaired) electrons. The Labute approximate surface area is 376 Å². The van der Waals surface area contributed by atoms with Gasteiger partial charge in [-0.2, -0.15) is 0 Å². The minimum absolute atomic E-state index is 0.229. The van der Waals surface area contributed by atoms with Gasteiger partial charge in [-0.1, -0.05) is 219 Å². The first-order chi connectivity index (χ1) is 29.1. The maximum atomic E-state index is 13.2. The highest BCUT2D eigenvalue weighted by atomic mass is 16.7. The van der Waals surface area contributed by atoms with Crippen LogP contribution in [0.2, 0.25) is 0 Å². The average molecular weight is 870 g/mol. The lowest BCUT2D eigenvalue weighted by Crippen LogP contribution is -2.78. The zero-order valence-corrected chi connectivity index (χ0v) is 41.2. The molecule has 1 rings (SSSR count). The van der Waals surface area contributed by atoms with E-state index < -0.39 is 46.9 Å². The summed E-state index contributed by atoms with van der Waals surface area (Å²) < 4.78 is 12.3. The van der Waals surface area contributed by atoms with Gasteiger partial charge in [-0.15, -0.1) is 0 Å². The number of amides is 1. The third-order valence-electron chi connectivity index (χ3n) is 14.2. The molecule has 0 aromatic rings. The van der Waals surface area contributed by atoms with Crippen LogP contribution in [0, 0.1) is 0 Å². The van der Waals surface area contributed by atoms with E-state index in [9.17, 15) is 30.3 Å². The first kappa shape index (κ1) is 58.2. The SMILES string of the molecule is CCCCCCCCCCCCCCCCCCCCCCCC(=O)N[C@@H](CO[C@]1(C)OC(C)(C)[C@@](C)(O)C(O)[C@]1(C)O)[C@H](O)[C@H](O)CCCCCCCCCCCCCC. The minimum atomic E-state index is -2.04. The van der Waals surface area contributed by atoms with Gasteiger partial charge in [0, 0.05) is 6.42 Å². The normalized spacial score (nSPS) is 24.2. The van der Waals surface area contributed by atoms with E-state index in [1.807, 2.05) is 0 Å². The Kier molecular flexibility index (Phi) is 32.1. The topological polar surface area (TPSA) is 149 Å². The highest BCUT2D eigenvalue weighted by Gasteiger charge is 2.67. The molecule has 1 fully saturated rings. The van der Waals surface area contributed by atoms with Crippen molar-refractivity contribution in [1.29, 1.82) is 0 Å². The van der Waals surface area contributed by atoms with Crippen molar-refractivity contribution in [3.63, 3.8) is 0 Å². The zero-order chi connectivity index (χ0) is 45.5. The number of rotatable bonds is 41. The number of nitrogens with one attached hydrogen (secondary N) is 1. The Balaban J connectivity index is 2.45. The molecule has 61 heavy (non-hydrogen) atoms. The number of unbranched alkanes of at least 4 members (excludes halogenated alkanes) is 31. The standard InChI is InChI=1S/C52H103NO8/c1-8-10-12-14-16-18-20-22-23-24-25-26-27-28-29-30-32-34-36-38-40-42-46(55)53-44(43-60-52(7)51(6,59)48(57)50(5,58)49(3,4)61-52)47(56)45(54)41-39-37-35-33-31-21-19-17-15-13-11-9-2/h44-45,47-48,54,56-59H,8-43H2,1-7H3,(H,53,55)/t44-,45+,47-,48?,50-,51-,52+/m0/s1. The van der Waals surface area contributed by atoms with E-state index in [4.69, 9.17) is 9.47 Å². The van der Waals surface area contributed by atoms with Crippen LogP contribution in [0.25, 0.3) is 0 Å². The number of aliphatic hydroxyl groups is 5. The second kappa shape index (κ2) is 33.6. The maximum Gasteiger partial charge on any atom is 0.220 e. The van der Waals surface area contributed by atoms with Crippen LogP contribution in [0.1, 0.15) is 273 Å². The summed E-state index contributed by atoms with van der Waals surface area (Å²) in [5.74, 6) is -2.03. The lowest BCUT2D eigenvalue weighted by atomic mass is 9.70. The predicted molar refractivity (Wildman–Crippen MR) is 254 cm³/mol. The first-order valence-corrected chi connectivity index (χ1v) is 26.2. The number of carbonyl (C=O) groups is 1. The Hall–Kier alpha value is -0.810. The second-order valence-corrected chi connectivity index (χ2v) is 20.3. The fourth-order valence-corrected chi connectivity index (χ4v) is 9.10. The summed E-state index contributed by atoms with van der Waals surface area (Å²) in [4.78, 5) is 13.2. The molecule has 1 saturated heterocycles. The van der Waals surface area contributed by atoms with E-state index >= 15 is 0 Å². The van der Waals surface area contributed by atoms with Crippen molar-refractivity contribution >= 4 is 5.91 Å². The summed E-state index contributed by atoms with van der Waals surface area (Å²) in [5, 5.41) is 58.9. The molecule has 0 aromatic heterocycles. The lowest BCUT2D eigenvalue weighted by Gasteiger charge is -2.60. The van der Waals surface area contributed by atoms with Gasteiger partial charge >= 0.3 is 0 Å². The van der Waals surface area contributed by atoms with Gasteiger partial charge in [0.15, 0.2) is 5.79 Å². The minimum Gasteiger partial charge on any atom is -0.390 e. The smallest absolute Gasteiger partial charge is 0.220 e. The number of hydrogen-bond donors (Lipinski definition) is 6. The third kappa shape index (κ3) is 23.8. The van der Waals surface area contributed by atoms with Crippen LogP contribution in [0.3, 0.4) is 0 Å². The summed E-state index contributed by atoms with van der Waals surface area (Å²) in [6.45, 7) is 11.7. The molecule has 1 amide bonds. The van der Waals surface area contributed by atoms with Crippen molar-refractivity contribution in [1.82, 2.24) is 5.32 Å². The number of aliphatic hydroxyl groups excluding tert-OH is 3. The molecule has 0 aromatic carbocycles. The molecule has 1 aliphatic rings. The van der Waals surface area contributed by atoms with Crippen molar-refractivity contribution in [2.45, 2.75) is 320 Å². The van der Waals surface area contributed by atoms with E-state index in [0.29, 0.717) is 12.8 Å². The molecule has 1 aliphatic heterocycles. The Morgan fingerprint density at radius 2 is 0.869 bits per heavy atom. The zero-order valence-electron chi connectivity index (χ0n) is 41.2. The average Bonchev–Trinajstić information content (AvgIpc) is 3.21. The largest absolute Gasteiger partial charge is 0.390 e. The van der Waals surface area contributed by atoms with Gasteiger partial charge in [0.25, 0.3) is 0 Å². The fourth-order valence-electron chi connectivity index (χ4n) is 9.10. The maximum absolute atomic E-state index is 13.2. The summed E-state index contributed by atoms with van der Waals surface area (Å²) in [5.41, 5.74) is -5.13.